The highest BCUT2D eigenvalue weighted by molar-refractivity contribution is 6.06. The van der Waals surface area contributed by atoms with Crippen molar-refractivity contribution in [1.82, 2.24) is 20.5 Å². The van der Waals surface area contributed by atoms with Crippen molar-refractivity contribution in [2.45, 2.75) is 89.8 Å². The van der Waals surface area contributed by atoms with E-state index in [1.165, 1.54) is 32.1 Å². The second-order valence-electron chi connectivity index (χ2n) is 10.7. The van der Waals surface area contributed by atoms with Crippen LogP contribution in [-0.4, -0.2) is 39.9 Å². The van der Waals surface area contributed by atoms with E-state index in [9.17, 15) is 9.59 Å². The van der Waals surface area contributed by atoms with E-state index in [1.54, 1.807) is 11.1 Å². The SMILES string of the molecule is CCCCC1(CC2CCCCC2)N=C(N)N(Cc2ccc(CNC(=O)NCCc3ccccn3)cc2)C1=O. The number of nitrogens with two attached hydrogens (primary N) is 1. The van der Waals surface area contributed by atoms with Crippen molar-refractivity contribution in [2.24, 2.45) is 16.6 Å². The van der Waals surface area contributed by atoms with Crippen LogP contribution in [0.2, 0.25) is 0 Å². The summed E-state index contributed by atoms with van der Waals surface area (Å²) in [6.45, 7) is 3.51. The molecule has 8 heteroatoms. The van der Waals surface area contributed by atoms with E-state index in [1.807, 2.05) is 42.5 Å². The number of benzene rings is 1. The molecular weight excluding hydrogens is 476 g/mol. The van der Waals surface area contributed by atoms with Crippen LogP contribution in [0.1, 0.15) is 81.5 Å². The van der Waals surface area contributed by atoms with Gasteiger partial charge in [-0.15, -0.1) is 0 Å². The molecule has 38 heavy (non-hydrogen) atoms. The summed E-state index contributed by atoms with van der Waals surface area (Å²) in [5.41, 5.74) is 8.58. The number of aromatic nitrogens is 1. The van der Waals surface area contributed by atoms with Gasteiger partial charge in [0.1, 0.15) is 5.54 Å². The highest BCUT2D eigenvalue weighted by Crippen LogP contribution is 2.39. The van der Waals surface area contributed by atoms with Gasteiger partial charge >= 0.3 is 6.03 Å². The number of hydrogen-bond donors (Lipinski definition) is 3. The van der Waals surface area contributed by atoms with Gasteiger partial charge in [0.2, 0.25) is 0 Å². The lowest BCUT2D eigenvalue weighted by Crippen LogP contribution is -2.45. The van der Waals surface area contributed by atoms with E-state index in [-0.39, 0.29) is 11.9 Å². The van der Waals surface area contributed by atoms with E-state index >= 15 is 0 Å². The number of guanidine groups is 1. The van der Waals surface area contributed by atoms with Crippen molar-refractivity contribution in [3.05, 3.63) is 65.5 Å². The van der Waals surface area contributed by atoms with Crippen LogP contribution in [0.15, 0.2) is 53.7 Å². The number of hydrogen-bond acceptors (Lipinski definition) is 5. The van der Waals surface area contributed by atoms with Crippen molar-refractivity contribution in [2.75, 3.05) is 6.54 Å². The number of pyridine rings is 1. The number of carbonyl (C=O) groups excluding carboxylic acids is 2. The fourth-order valence-electron chi connectivity index (χ4n) is 5.61. The van der Waals surface area contributed by atoms with E-state index in [0.29, 0.717) is 37.9 Å². The fraction of sp³-hybridized carbons (Fsp3) is 0.533. The number of carbonyl (C=O) groups is 2. The molecule has 0 bridgehead atoms. The van der Waals surface area contributed by atoms with Crippen LogP contribution in [0.3, 0.4) is 0 Å². The van der Waals surface area contributed by atoms with Gasteiger partial charge in [-0.3, -0.25) is 14.7 Å². The van der Waals surface area contributed by atoms with E-state index in [2.05, 4.69) is 22.5 Å². The van der Waals surface area contributed by atoms with Crippen LogP contribution in [0.25, 0.3) is 0 Å². The Morgan fingerprint density at radius 1 is 1.08 bits per heavy atom. The molecule has 4 N–H and O–H groups in total. The molecule has 8 nitrogen and oxygen atoms in total. The first kappa shape index (κ1) is 27.6. The van der Waals surface area contributed by atoms with Gasteiger partial charge in [-0.2, -0.15) is 0 Å². The number of amides is 3. The molecule has 2 aliphatic rings. The number of nitrogens with one attached hydrogen (secondary N) is 2. The summed E-state index contributed by atoms with van der Waals surface area (Å²) in [6, 6.07) is 13.5. The molecule has 2 aromatic rings. The number of nitrogens with zero attached hydrogens (tertiary/aromatic N) is 3. The second kappa shape index (κ2) is 13.4. The Bertz CT molecular complexity index is 1080. The topological polar surface area (TPSA) is 113 Å². The summed E-state index contributed by atoms with van der Waals surface area (Å²) >= 11 is 0. The van der Waals surface area contributed by atoms with E-state index < -0.39 is 5.54 Å². The molecule has 4 rings (SSSR count). The largest absolute Gasteiger partial charge is 0.369 e. The minimum absolute atomic E-state index is 0.0575. The molecule has 1 aromatic carbocycles. The van der Waals surface area contributed by atoms with Gasteiger partial charge < -0.3 is 16.4 Å². The van der Waals surface area contributed by atoms with Crippen LogP contribution in [-0.2, 0) is 24.3 Å². The highest BCUT2D eigenvalue weighted by atomic mass is 16.2. The Morgan fingerprint density at radius 3 is 2.55 bits per heavy atom. The monoisotopic (exact) mass is 518 g/mol. The Labute approximate surface area is 226 Å². The standard InChI is InChI=1S/C30H42N6O2/c1-2-3-17-30(20-23-9-5-4-6-10-23)27(37)36(28(31)35-30)22-25-14-12-24(13-15-25)21-34-29(38)33-19-16-26-11-7-8-18-32-26/h7-8,11-15,18,23H,2-6,9-10,16-17,19-22H2,1H3,(H2,31,35)(H2,33,34,38). The van der Waals surface area contributed by atoms with Gasteiger partial charge in [-0.1, -0.05) is 82.2 Å². The predicted octanol–water partition coefficient (Wildman–Crippen LogP) is 4.68. The third-order valence-corrected chi connectivity index (χ3v) is 7.75. The average molecular weight is 519 g/mol. The van der Waals surface area contributed by atoms with Crippen LogP contribution in [0.5, 0.6) is 0 Å². The molecule has 0 radical (unpaired) electrons. The van der Waals surface area contributed by atoms with Crippen molar-refractivity contribution in [3.8, 4) is 0 Å². The Balaban J connectivity index is 1.28. The third-order valence-electron chi connectivity index (χ3n) is 7.75. The zero-order valence-corrected chi connectivity index (χ0v) is 22.6. The second-order valence-corrected chi connectivity index (χ2v) is 10.7. The Hall–Kier alpha value is -3.42. The molecule has 1 unspecified atom stereocenters. The van der Waals surface area contributed by atoms with Crippen molar-refractivity contribution in [3.63, 3.8) is 0 Å². The zero-order valence-electron chi connectivity index (χ0n) is 22.6. The van der Waals surface area contributed by atoms with Gasteiger partial charge in [0.05, 0.1) is 6.54 Å². The quantitative estimate of drug-likeness (QED) is 0.379. The maximum Gasteiger partial charge on any atom is 0.315 e. The van der Waals surface area contributed by atoms with Gasteiger partial charge in [0, 0.05) is 31.4 Å². The average Bonchev–Trinajstić information content (AvgIpc) is 3.16. The molecule has 1 atom stereocenters. The first-order chi connectivity index (χ1) is 18.5. The molecule has 2 heterocycles. The molecule has 3 amide bonds. The van der Waals surface area contributed by atoms with Gasteiger partial charge in [-0.25, -0.2) is 9.79 Å². The number of urea groups is 1. The maximum atomic E-state index is 13.7. The predicted molar refractivity (Wildman–Crippen MR) is 150 cm³/mol. The smallest absolute Gasteiger partial charge is 0.315 e. The summed E-state index contributed by atoms with van der Waals surface area (Å²) in [4.78, 5) is 36.6. The Kier molecular flexibility index (Phi) is 9.73. The summed E-state index contributed by atoms with van der Waals surface area (Å²) in [7, 11) is 0. The molecular formula is C30H42N6O2. The van der Waals surface area contributed by atoms with Gasteiger partial charge in [0.15, 0.2) is 5.96 Å². The summed E-state index contributed by atoms with van der Waals surface area (Å²) in [5.74, 6) is 0.956. The van der Waals surface area contributed by atoms with Crippen LogP contribution < -0.4 is 16.4 Å². The van der Waals surface area contributed by atoms with Crippen LogP contribution in [0.4, 0.5) is 4.79 Å². The van der Waals surface area contributed by atoms with E-state index in [4.69, 9.17) is 10.7 Å². The third kappa shape index (κ3) is 7.33. The molecule has 204 valence electrons. The molecule has 1 saturated carbocycles. The lowest BCUT2D eigenvalue weighted by Gasteiger charge is -2.32. The summed E-state index contributed by atoms with van der Waals surface area (Å²) in [5, 5.41) is 5.75. The van der Waals surface area contributed by atoms with E-state index in [0.717, 1.165) is 42.5 Å². The number of aliphatic imine (C=N–C) groups is 1. The highest BCUT2D eigenvalue weighted by Gasteiger charge is 2.48. The number of unbranched alkanes of at least 4 members (excludes halogenated alkanes) is 1. The van der Waals surface area contributed by atoms with Crippen LogP contribution >= 0.6 is 0 Å². The minimum Gasteiger partial charge on any atom is -0.369 e. The lowest BCUT2D eigenvalue weighted by atomic mass is 9.77. The van der Waals surface area contributed by atoms with Crippen molar-refractivity contribution >= 4 is 17.9 Å². The normalized spacial score (nSPS) is 19.9. The zero-order chi connectivity index (χ0) is 26.8. The first-order valence-corrected chi connectivity index (χ1v) is 14.2. The molecule has 0 saturated heterocycles. The van der Waals surface area contributed by atoms with Gasteiger partial charge in [-0.05, 0) is 42.0 Å². The maximum absolute atomic E-state index is 13.7. The Morgan fingerprint density at radius 2 is 1.84 bits per heavy atom. The van der Waals surface area contributed by atoms with Crippen molar-refractivity contribution < 1.29 is 9.59 Å². The fourth-order valence-corrected chi connectivity index (χ4v) is 5.61. The summed E-state index contributed by atoms with van der Waals surface area (Å²) < 4.78 is 0. The van der Waals surface area contributed by atoms with Crippen LogP contribution in [0, 0.1) is 5.92 Å². The lowest BCUT2D eigenvalue weighted by molar-refractivity contribution is -0.132. The minimum atomic E-state index is -0.699. The van der Waals surface area contributed by atoms with Crippen molar-refractivity contribution in [1.29, 1.82) is 0 Å². The summed E-state index contributed by atoms with van der Waals surface area (Å²) in [6.07, 6.45) is 12.2. The molecule has 0 spiro atoms. The number of rotatable bonds is 12. The molecule has 1 aliphatic carbocycles. The molecule has 1 fully saturated rings. The molecule has 1 aliphatic heterocycles. The molecule has 1 aromatic heterocycles. The first-order valence-electron chi connectivity index (χ1n) is 14.2. The van der Waals surface area contributed by atoms with Gasteiger partial charge in [0.25, 0.3) is 5.91 Å².